The van der Waals surface area contributed by atoms with Gasteiger partial charge < -0.3 is 26.2 Å². The van der Waals surface area contributed by atoms with Crippen LogP contribution in [0.2, 0.25) is 0 Å². The molecule has 0 atom stereocenters. The average molecular weight is 430 g/mol. The number of nitrogens with two attached hydrogens (primary N) is 1. The van der Waals surface area contributed by atoms with E-state index >= 15 is 0 Å². The van der Waals surface area contributed by atoms with Gasteiger partial charge in [0, 0.05) is 42.8 Å². The molecule has 31 heavy (non-hydrogen) atoms. The highest BCUT2D eigenvalue weighted by Gasteiger charge is 2.16. The number of methoxy groups -OCH3 is 1. The average Bonchev–Trinajstić information content (AvgIpc) is 2.73. The number of anilines is 2. The Morgan fingerprint density at radius 1 is 1.19 bits per heavy atom. The van der Waals surface area contributed by atoms with Gasteiger partial charge in [-0.3, -0.25) is 9.59 Å². The second-order valence-corrected chi connectivity index (χ2v) is 7.23. The molecule has 9 heteroatoms. The van der Waals surface area contributed by atoms with Crippen molar-refractivity contribution in [2.24, 2.45) is 0 Å². The molecule has 0 spiro atoms. The highest BCUT2D eigenvalue weighted by Crippen LogP contribution is 2.27. The fourth-order valence-corrected chi connectivity index (χ4v) is 3.15. The second-order valence-electron chi connectivity index (χ2n) is 7.23. The van der Waals surface area contributed by atoms with Crippen LogP contribution in [0.4, 0.5) is 11.8 Å². The van der Waals surface area contributed by atoms with Crippen LogP contribution in [0, 0.1) is 6.92 Å². The molecule has 0 saturated heterocycles. The molecule has 5 N–H and O–H groups in total. The molecular formula is C22H31N5O4. The van der Waals surface area contributed by atoms with Crippen molar-refractivity contribution >= 4 is 23.6 Å². The van der Waals surface area contributed by atoms with E-state index in [4.69, 9.17) is 15.6 Å². The number of carboxylic acid groups (broad SMARTS) is 1. The quantitative estimate of drug-likeness (QED) is 0.378. The second kappa shape index (κ2) is 11.7. The zero-order chi connectivity index (χ0) is 22.8. The minimum atomic E-state index is -0.884. The molecule has 0 unspecified atom stereocenters. The number of benzene rings is 1. The number of carbonyl (C=O) groups is 2. The smallest absolute Gasteiger partial charge is 0.303 e. The first-order valence-electron chi connectivity index (χ1n) is 10.4. The number of amides is 1. The lowest BCUT2D eigenvalue weighted by Gasteiger charge is -2.16. The third kappa shape index (κ3) is 7.13. The monoisotopic (exact) mass is 429 g/mol. The highest BCUT2D eigenvalue weighted by atomic mass is 16.5. The van der Waals surface area contributed by atoms with Gasteiger partial charge in [-0.05, 0) is 43.5 Å². The number of aryl methyl sites for hydroxylation is 1. The SMILES string of the molecule is CCCCNc1nc(N)nc(C)c1Cc1cc(C(=O)NCCCC(=O)O)ccc1OC. The molecule has 1 heterocycles. The number of carbonyl (C=O) groups excluding carboxylic acids is 1. The van der Waals surface area contributed by atoms with Crippen LogP contribution in [-0.2, 0) is 11.2 Å². The van der Waals surface area contributed by atoms with Crippen LogP contribution >= 0.6 is 0 Å². The van der Waals surface area contributed by atoms with Crippen LogP contribution in [0.3, 0.4) is 0 Å². The van der Waals surface area contributed by atoms with Crippen LogP contribution in [-0.4, -0.2) is 47.2 Å². The molecule has 0 radical (unpaired) electrons. The van der Waals surface area contributed by atoms with E-state index in [-0.39, 0.29) is 18.3 Å². The first-order chi connectivity index (χ1) is 14.8. The van der Waals surface area contributed by atoms with Gasteiger partial charge in [-0.1, -0.05) is 13.3 Å². The van der Waals surface area contributed by atoms with Gasteiger partial charge in [0.1, 0.15) is 11.6 Å². The topological polar surface area (TPSA) is 139 Å². The Morgan fingerprint density at radius 3 is 2.65 bits per heavy atom. The molecule has 2 rings (SSSR count). The minimum Gasteiger partial charge on any atom is -0.496 e. The largest absolute Gasteiger partial charge is 0.496 e. The normalized spacial score (nSPS) is 10.5. The van der Waals surface area contributed by atoms with Crippen LogP contribution in [0.1, 0.15) is 59.8 Å². The number of hydrogen-bond acceptors (Lipinski definition) is 7. The lowest BCUT2D eigenvalue weighted by atomic mass is 10.0. The molecule has 0 saturated carbocycles. The van der Waals surface area contributed by atoms with Gasteiger partial charge in [0.2, 0.25) is 5.95 Å². The third-order valence-electron chi connectivity index (χ3n) is 4.82. The maximum atomic E-state index is 12.5. The predicted octanol–water partition coefficient (Wildman–Crippen LogP) is 2.77. The van der Waals surface area contributed by atoms with Crippen molar-refractivity contribution in [1.82, 2.24) is 15.3 Å². The molecule has 1 aromatic carbocycles. The van der Waals surface area contributed by atoms with Crippen molar-refractivity contribution in [2.75, 3.05) is 31.2 Å². The molecular weight excluding hydrogens is 398 g/mol. The predicted molar refractivity (Wildman–Crippen MR) is 120 cm³/mol. The molecule has 168 valence electrons. The Balaban J connectivity index is 2.25. The summed E-state index contributed by atoms with van der Waals surface area (Å²) < 4.78 is 5.50. The molecule has 0 aliphatic rings. The van der Waals surface area contributed by atoms with E-state index in [1.807, 2.05) is 6.92 Å². The number of ether oxygens (including phenoxy) is 1. The van der Waals surface area contributed by atoms with Gasteiger partial charge in [0.05, 0.1) is 7.11 Å². The van der Waals surface area contributed by atoms with E-state index in [9.17, 15) is 9.59 Å². The van der Waals surface area contributed by atoms with Crippen molar-refractivity contribution in [3.8, 4) is 5.75 Å². The van der Waals surface area contributed by atoms with E-state index in [0.29, 0.717) is 36.5 Å². The van der Waals surface area contributed by atoms with Crippen molar-refractivity contribution in [1.29, 1.82) is 0 Å². The molecule has 1 aromatic heterocycles. The molecule has 0 bridgehead atoms. The summed E-state index contributed by atoms with van der Waals surface area (Å²) in [6, 6.07) is 5.21. The molecule has 1 amide bonds. The van der Waals surface area contributed by atoms with E-state index in [1.165, 1.54) is 0 Å². The summed E-state index contributed by atoms with van der Waals surface area (Å²) >= 11 is 0. The van der Waals surface area contributed by atoms with Crippen molar-refractivity contribution in [3.05, 3.63) is 40.6 Å². The summed E-state index contributed by atoms with van der Waals surface area (Å²) in [5.74, 6) is 0.398. The van der Waals surface area contributed by atoms with Gasteiger partial charge in [-0.2, -0.15) is 4.98 Å². The number of aromatic nitrogens is 2. The van der Waals surface area contributed by atoms with Gasteiger partial charge in [0.15, 0.2) is 0 Å². The van der Waals surface area contributed by atoms with Crippen LogP contribution in [0.15, 0.2) is 18.2 Å². The minimum absolute atomic E-state index is 0.0123. The zero-order valence-electron chi connectivity index (χ0n) is 18.3. The fourth-order valence-electron chi connectivity index (χ4n) is 3.15. The number of unbranched alkanes of at least 4 members (excludes halogenated alkanes) is 1. The van der Waals surface area contributed by atoms with E-state index in [0.717, 1.165) is 36.2 Å². The van der Waals surface area contributed by atoms with Crippen LogP contribution in [0.25, 0.3) is 0 Å². The number of nitrogen functional groups attached to an aromatic ring is 1. The third-order valence-corrected chi connectivity index (χ3v) is 4.82. The lowest BCUT2D eigenvalue weighted by molar-refractivity contribution is -0.137. The van der Waals surface area contributed by atoms with Gasteiger partial charge in [0.25, 0.3) is 5.91 Å². The van der Waals surface area contributed by atoms with Crippen LogP contribution in [0.5, 0.6) is 5.75 Å². The fraction of sp³-hybridized carbons (Fsp3) is 0.455. The number of carboxylic acids is 1. The van der Waals surface area contributed by atoms with E-state index in [2.05, 4.69) is 27.5 Å². The molecule has 9 nitrogen and oxygen atoms in total. The first-order valence-corrected chi connectivity index (χ1v) is 10.4. The maximum absolute atomic E-state index is 12.5. The first kappa shape index (κ1) is 23.9. The number of aliphatic carboxylic acids is 1. The van der Waals surface area contributed by atoms with Crippen molar-refractivity contribution in [2.45, 2.75) is 46.0 Å². The number of hydrogen-bond donors (Lipinski definition) is 4. The van der Waals surface area contributed by atoms with E-state index < -0.39 is 5.97 Å². The summed E-state index contributed by atoms with van der Waals surface area (Å²) in [5, 5.41) is 14.8. The van der Waals surface area contributed by atoms with E-state index in [1.54, 1.807) is 25.3 Å². The summed E-state index contributed by atoms with van der Waals surface area (Å²) in [7, 11) is 1.58. The Morgan fingerprint density at radius 2 is 1.97 bits per heavy atom. The van der Waals surface area contributed by atoms with Gasteiger partial charge >= 0.3 is 5.97 Å². The Hall–Kier alpha value is -3.36. The number of nitrogens with one attached hydrogen (secondary N) is 2. The molecule has 2 aromatic rings. The van der Waals surface area contributed by atoms with Gasteiger partial charge in [-0.15, -0.1) is 0 Å². The zero-order valence-corrected chi connectivity index (χ0v) is 18.3. The molecule has 0 aliphatic heterocycles. The number of nitrogens with zero attached hydrogens (tertiary/aromatic N) is 2. The van der Waals surface area contributed by atoms with Crippen molar-refractivity contribution in [3.63, 3.8) is 0 Å². The standard InChI is InChI=1S/C22H31N5O4/c1-4-5-10-24-20-17(14(2)26-22(23)27-20)13-16-12-15(8-9-18(16)31-3)21(30)25-11-6-7-19(28)29/h8-9,12H,4-7,10-11,13H2,1-3H3,(H,25,30)(H,28,29)(H3,23,24,26,27). The summed E-state index contributed by atoms with van der Waals surface area (Å²) in [6.45, 7) is 5.06. The Labute approximate surface area is 182 Å². The Bertz CT molecular complexity index is 917. The summed E-state index contributed by atoms with van der Waals surface area (Å²) in [5.41, 5.74) is 8.79. The lowest BCUT2D eigenvalue weighted by Crippen LogP contribution is -2.25. The maximum Gasteiger partial charge on any atom is 0.303 e. The molecule has 0 aliphatic carbocycles. The van der Waals surface area contributed by atoms with Crippen molar-refractivity contribution < 1.29 is 19.4 Å². The molecule has 0 fully saturated rings. The summed E-state index contributed by atoms with van der Waals surface area (Å²) in [4.78, 5) is 31.8. The highest BCUT2D eigenvalue weighted by molar-refractivity contribution is 5.94. The number of rotatable bonds is 12. The summed E-state index contributed by atoms with van der Waals surface area (Å²) in [6.07, 6.45) is 2.91. The van der Waals surface area contributed by atoms with Crippen LogP contribution < -0.4 is 21.1 Å². The Kier molecular flexibility index (Phi) is 9.05. The van der Waals surface area contributed by atoms with Gasteiger partial charge in [-0.25, -0.2) is 4.98 Å².